The molecule has 0 aromatic carbocycles. The lowest BCUT2D eigenvalue weighted by Crippen LogP contribution is -2.46. The number of rotatable bonds is 4. The van der Waals surface area contributed by atoms with Crippen molar-refractivity contribution >= 4 is 0 Å². The zero-order valence-electron chi connectivity index (χ0n) is 9.80. The van der Waals surface area contributed by atoms with Crippen molar-refractivity contribution < 1.29 is 9.84 Å². The maximum absolute atomic E-state index is 9.64. The quantitative estimate of drug-likeness (QED) is 0.818. The van der Waals surface area contributed by atoms with E-state index in [-0.39, 0.29) is 12.0 Å². The third-order valence-electron chi connectivity index (χ3n) is 3.78. The van der Waals surface area contributed by atoms with Gasteiger partial charge in [0, 0.05) is 18.2 Å². The number of pyridine rings is 1. The standard InChI is InChI=1S/C13H18N2O2/c16-13-2-1-12(13)9-5-11(7-14-6-9)17-8-10-3-4-15-10/h5-7,10,12-13,15-16H,1-4,8H2/t10-,12?,13?/m0/s1. The summed E-state index contributed by atoms with van der Waals surface area (Å²) >= 11 is 0. The molecule has 1 saturated carbocycles. The molecule has 3 atom stereocenters. The van der Waals surface area contributed by atoms with Crippen LogP contribution in [0, 0.1) is 0 Å². The number of aliphatic hydroxyl groups is 1. The van der Waals surface area contributed by atoms with Crippen LogP contribution in [0.1, 0.15) is 30.7 Å². The highest BCUT2D eigenvalue weighted by Crippen LogP contribution is 2.37. The predicted molar refractivity (Wildman–Crippen MR) is 64.1 cm³/mol. The van der Waals surface area contributed by atoms with E-state index >= 15 is 0 Å². The highest BCUT2D eigenvalue weighted by atomic mass is 16.5. The zero-order chi connectivity index (χ0) is 11.7. The number of nitrogens with one attached hydrogen (secondary N) is 1. The number of aromatic nitrogens is 1. The van der Waals surface area contributed by atoms with E-state index in [9.17, 15) is 5.11 Å². The van der Waals surface area contributed by atoms with Gasteiger partial charge in [-0.05, 0) is 37.4 Å². The first kappa shape index (κ1) is 11.0. The number of hydrogen-bond acceptors (Lipinski definition) is 4. The summed E-state index contributed by atoms with van der Waals surface area (Å²) in [6.45, 7) is 1.80. The number of aliphatic hydroxyl groups excluding tert-OH is 1. The van der Waals surface area contributed by atoms with Crippen LogP contribution in [0.4, 0.5) is 0 Å². The average Bonchev–Trinajstić information content (AvgIpc) is 2.25. The van der Waals surface area contributed by atoms with Gasteiger partial charge in [-0.2, -0.15) is 0 Å². The van der Waals surface area contributed by atoms with Gasteiger partial charge in [0.25, 0.3) is 0 Å². The van der Waals surface area contributed by atoms with Gasteiger partial charge in [-0.25, -0.2) is 0 Å². The summed E-state index contributed by atoms with van der Waals surface area (Å²) < 4.78 is 5.70. The van der Waals surface area contributed by atoms with E-state index in [1.54, 1.807) is 6.20 Å². The van der Waals surface area contributed by atoms with Crippen molar-refractivity contribution in [3.05, 3.63) is 24.0 Å². The second-order valence-corrected chi connectivity index (χ2v) is 4.96. The lowest BCUT2D eigenvalue weighted by Gasteiger charge is -2.32. The minimum atomic E-state index is -0.194. The number of nitrogens with zero attached hydrogens (tertiary/aromatic N) is 1. The van der Waals surface area contributed by atoms with Gasteiger partial charge in [-0.15, -0.1) is 0 Å². The number of hydrogen-bond donors (Lipinski definition) is 2. The van der Waals surface area contributed by atoms with E-state index < -0.39 is 0 Å². The molecule has 4 nitrogen and oxygen atoms in total. The SMILES string of the molecule is OC1CCC1c1cncc(OC[C@@H]2CCN2)c1. The van der Waals surface area contributed by atoms with Gasteiger partial charge in [0.05, 0.1) is 12.3 Å². The smallest absolute Gasteiger partial charge is 0.137 e. The van der Waals surface area contributed by atoms with Gasteiger partial charge in [-0.1, -0.05) is 0 Å². The highest BCUT2D eigenvalue weighted by Gasteiger charge is 2.30. The van der Waals surface area contributed by atoms with Crippen LogP contribution < -0.4 is 10.1 Å². The Kier molecular flexibility index (Phi) is 2.99. The van der Waals surface area contributed by atoms with Crippen molar-refractivity contribution in [3.8, 4) is 5.75 Å². The van der Waals surface area contributed by atoms with Crippen molar-refractivity contribution in [1.29, 1.82) is 0 Å². The van der Waals surface area contributed by atoms with E-state index in [0.29, 0.717) is 12.6 Å². The third-order valence-corrected chi connectivity index (χ3v) is 3.78. The van der Waals surface area contributed by atoms with Crippen molar-refractivity contribution in [2.75, 3.05) is 13.2 Å². The van der Waals surface area contributed by atoms with E-state index in [1.165, 1.54) is 6.42 Å². The third kappa shape index (κ3) is 2.28. The van der Waals surface area contributed by atoms with E-state index in [0.717, 1.165) is 30.7 Å². The Labute approximate surface area is 101 Å². The first-order valence-corrected chi connectivity index (χ1v) is 6.32. The van der Waals surface area contributed by atoms with Crippen LogP contribution in [-0.4, -0.2) is 35.4 Å². The Bertz CT molecular complexity index is 393. The molecule has 92 valence electrons. The molecule has 1 aromatic rings. The minimum Gasteiger partial charge on any atom is -0.490 e. The lowest BCUT2D eigenvalue weighted by molar-refractivity contribution is 0.0658. The second kappa shape index (κ2) is 4.63. The summed E-state index contributed by atoms with van der Waals surface area (Å²) in [5, 5.41) is 12.9. The van der Waals surface area contributed by atoms with Crippen molar-refractivity contribution in [2.24, 2.45) is 0 Å². The molecule has 1 saturated heterocycles. The zero-order valence-corrected chi connectivity index (χ0v) is 9.80. The van der Waals surface area contributed by atoms with Gasteiger partial charge in [-0.3, -0.25) is 4.98 Å². The molecule has 0 amide bonds. The van der Waals surface area contributed by atoms with Gasteiger partial charge in [0.15, 0.2) is 0 Å². The molecule has 1 aliphatic heterocycles. The van der Waals surface area contributed by atoms with E-state index in [4.69, 9.17) is 4.74 Å². The molecule has 2 unspecified atom stereocenters. The summed E-state index contributed by atoms with van der Waals surface area (Å²) in [6.07, 6.45) is 6.53. The molecule has 1 aromatic heterocycles. The largest absolute Gasteiger partial charge is 0.490 e. The normalized spacial score (nSPS) is 31.5. The van der Waals surface area contributed by atoms with E-state index in [1.807, 2.05) is 12.3 Å². The Balaban J connectivity index is 1.61. The summed E-state index contributed by atoms with van der Waals surface area (Å²) in [5.41, 5.74) is 1.10. The van der Waals surface area contributed by atoms with Crippen LogP contribution in [0.3, 0.4) is 0 Å². The fourth-order valence-electron chi connectivity index (χ4n) is 2.28. The van der Waals surface area contributed by atoms with Crippen molar-refractivity contribution in [3.63, 3.8) is 0 Å². The Morgan fingerprint density at radius 2 is 2.24 bits per heavy atom. The summed E-state index contributed by atoms with van der Waals surface area (Å²) in [6, 6.07) is 2.51. The van der Waals surface area contributed by atoms with Gasteiger partial charge < -0.3 is 15.2 Å². The molecule has 0 bridgehead atoms. The molecule has 0 spiro atoms. The van der Waals surface area contributed by atoms with E-state index in [2.05, 4.69) is 10.3 Å². The van der Waals surface area contributed by atoms with Crippen LogP contribution >= 0.6 is 0 Å². The summed E-state index contributed by atoms with van der Waals surface area (Å²) in [7, 11) is 0. The molecular weight excluding hydrogens is 216 g/mol. The predicted octanol–water partition coefficient (Wildman–Crippen LogP) is 1.06. The minimum absolute atomic E-state index is 0.194. The summed E-state index contributed by atoms with van der Waals surface area (Å²) in [5.74, 6) is 1.07. The lowest BCUT2D eigenvalue weighted by atomic mass is 9.78. The number of ether oxygens (including phenoxy) is 1. The van der Waals surface area contributed by atoms with Gasteiger partial charge in [0.1, 0.15) is 12.4 Å². The molecule has 3 rings (SSSR count). The fraction of sp³-hybridized carbons (Fsp3) is 0.615. The molecule has 17 heavy (non-hydrogen) atoms. The topological polar surface area (TPSA) is 54.4 Å². The first-order valence-electron chi connectivity index (χ1n) is 6.32. The second-order valence-electron chi connectivity index (χ2n) is 4.96. The Morgan fingerprint density at radius 3 is 2.82 bits per heavy atom. The maximum Gasteiger partial charge on any atom is 0.137 e. The molecular formula is C13H18N2O2. The molecule has 0 radical (unpaired) electrons. The molecule has 2 heterocycles. The Morgan fingerprint density at radius 1 is 1.35 bits per heavy atom. The van der Waals surface area contributed by atoms with Gasteiger partial charge >= 0.3 is 0 Å². The fourth-order valence-corrected chi connectivity index (χ4v) is 2.28. The maximum atomic E-state index is 9.64. The van der Waals surface area contributed by atoms with Crippen molar-refractivity contribution in [1.82, 2.24) is 10.3 Å². The van der Waals surface area contributed by atoms with Gasteiger partial charge in [0.2, 0.25) is 0 Å². The van der Waals surface area contributed by atoms with Crippen molar-refractivity contribution in [2.45, 2.75) is 37.3 Å². The molecule has 2 aliphatic rings. The highest BCUT2D eigenvalue weighted by molar-refractivity contribution is 5.28. The monoisotopic (exact) mass is 234 g/mol. The van der Waals surface area contributed by atoms with Crippen LogP contribution in [0.15, 0.2) is 18.5 Å². The molecule has 1 aliphatic carbocycles. The Hall–Kier alpha value is -1.13. The van der Waals surface area contributed by atoms with Crippen LogP contribution in [0.5, 0.6) is 5.75 Å². The van der Waals surface area contributed by atoms with Crippen LogP contribution in [-0.2, 0) is 0 Å². The molecule has 2 fully saturated rings. The first-order chi connectivity index (χ1) is 8.33. The van der Waals surface area contributed by atoms with Crippen LogP contribution in [0.25, 0.3) is 0 Å². The molecule has 4 heteroatoms. The molecule has 2 N–H and O–H groups in total. The summed E-state index contributed by atoms with van der Waals surface area (Å²) in [4.78, 5) is 4.19. The average molecular weight is 234 g/mol. The van der Waals surface area contributed by atoms with Crippen LogP contribution in [0.2, 0.25) is 0 Å².